The molecule has 1 aliphatic heterocycles. The fourth-order valence-electron chi connectivity index (χ4n) is 2.46. The van der Waals surface area contributed by atoms with Gasteiger partial charge in [-0.05, 0) is 19.1 Å². The van der Waals surface area contributed by atoms with Gasteiger partial charge in [-0.2, -0.15) is 23.5 Å². The monoisotopic (exact) mass is 412 g/mol. The summed E-state index contributed by atoms with van der Waals surface area (Å²) < 4.78 is 49.7. The number of alkyl halides is 3. The van der Waals surface area contributed by atoms with E-state index < -0.39 is 33.5 Å². The SMILES string of the molecule is CCS(=O)C1(C)C(C#N)=NN(c2c(Cl)cc(C(F)(F)F)cc2Cl)C1N. The van der Waals surface area contributed by atoms with Crippen molar-refractivity contribution >= 4 is 45.4 Å². The topological polar surface area (TPSA) is 82.5 Å². The summed E-state index contributed by atoms with van der Waals surface area (Å²) in [7, 11) is -1.54. The molecule has 3 atom stereocenters. The number of rotatable bonds is 3. The molecular weight excluding hydrogens is 400 g/mol. The van der Waals surface area contributed by atoms with Crippen LogP contribution < -0.4 is 10.7 Å². The first-order valence-electron chi connectivity index (χ1n) is 6.97. The maximum atomic E-state index is 12.9. The summed E-state index contributed by atoms with van der Waals surface area (Å²) in [5.41, 5.74) is 4.92. The normalized spacial score (nSPS) is 24.8. The summed E-state index contributed by atoms with van der Waals surface area (Å²) in [5.74, 6) is 0.215. The molecule has 5 nitrogen and oxygen atoms in total. The average molecular weight is 413 g/mol. The van der Waals surface area contributed by atoms with E-state index in [0.29, 0.717) is 12.1 Å². The fraction of sp³-hybridized carbons (Fsp3) is 0.429. The molecule has 2 N–H and O–H groups in total. The molecule has 136 valence electrons. The van der Waals surface area contributed by atoms with Crippen molar-refractivity contribution in [2.75, 3.05) is 10.8 Å². The summed E-state index contributed by atoms with van der Waals surface area (Å²) in [5, 5.41) is 13.7. The molecule has 0 amide bonds. The van der Waals surface area contributed by atoms with Crippen molar-refractivity contribution in [3.8, 4) is 6.07 Å². The molecule has 2 rings (SSSR count). The maximum Gasteiger partial charge on any atom is 0.416 e. The second kappa shape index (κ2) is 6.76. The molecule has 0 saturated carbocycles. The van der Waals surface area contributed by atoms with Crippen molar-refractivity contribution in [1.82, 2.24) is 0 Å². The number of nitrogens with zero attached hydrogens (tertiary/aromatic N) is 3. The van der Waals surface area contributed by atoms with E-state index in [9.17, 15) is 22.6 Å². The van der Waals surface area contributed by atoms with Gasteiger partial charge in [-0.25, -0.2) is 5.01 Å². The number of hydrogen-bond acceptors (Lipinski definition) is 5. The number of anilines is 1. The zero-order valence-corrected chi connectivity index (χ0v) is 15.4. The molecule has 0 bridgehead atoms. The Balaban J connectivity index is 2.60. The maximum absolute atomic E-state index is 12.9. The van der Waals surface area contributed by atoms with Gasteiger partial charge in [-0.1, -0.05) is 30.1 Å². The minimum Gasteiger partial charge on any atom is -0.308 e. The minimum atomic E-state index is -4.63. The molecule has 0 radical (unpaired) electrons. The van der Waals surface area contributed by atoms with Crippen molar-refractivity contribution in [1.29, 1.82) is 5.26 Å². The van der Waals surface area contributed by atoms with E-state index in [4.69, 9.17) is 28.9 Å². The summed E-state index contributed by atoms with van der Waals surface area (Å²) in [6.07, 6.45) is -5.72. The van der Waals surface area contributed by atoms with E-state index in [1.165, 1.54) is 6.92 Å². The van der Waals surface area contributed by atoms with Gasteiger partial charge in [0.1, 0.15) is 17.0 Å². The van der Waals surface area contributed by atoms with Crippen LogP contribution in [0, 0.1) is 11.3 Å². The number of hydrazone groups is 1. The Bertz CT molecular complexity index is 785. The Morgan fingerprint density at radius 2 is 1.96 bits per heavy atom. The second-order valence-corrected chi connectivity index (χ2v) is 8.31. The van der Waals surface area contributed by atoms with Crippen LogP contribution in [0.3, 0.4) is 0 Å². The van der Waals surface area contributed by atoms with Gasteiger partial charge in [-0.3, -0.25) is 4.21 Å². The van der Waals surface area contributed by atoms with E-state index in [0.717, 1.165) is 5.01 Å². The number of hydrogen-bond donors (Lipinski definition) is 1. The largest absolute Gasteiger partial charge is 0.416 e. The first-order chi connectivity index (χ1) is 11.5. The van der Waals surface area contributed by atoms with Gasteiger partial charge in [0.15, 0.2) is 5.71 Å². The van der Waals surface area contributed by atoms with E-state index in [1.54, 1.807) is 6.92 Å². The van der Waals surface area contributed by atoms with E-state index >= 15 is 0 Å². The van der Waals surface area contributed by atoms with Crippen LogP contribution in [0.2, 0.25) is 10.0 Å². The Kier molecular flexibility index (Phi) is 5.40. The Morgan fingerprint density at radius 1 is 1.44 bits per heavy atom. The zero-order chi connectivity index (χ0) is 19.2. The third-order valence-electron chi connectivity index (χ3n) is 3.92. The quantitative estimate of drug-likeness (QED) is 0.822. The first-order valence-corrected chi connectivity index (χ1v) is 9.04. The molecule has 0 fully saturated rings. The Labute approximate surface area is 154 Å². The molecular formula is C14H13Cl2F3N4OS. The van der Waals surface area contributed by atoms with Crippen molar-refractivity contribution in [3.63, 3.8) is 0 Å². The number of benzene rings is 1. The third kappa shape index (κ3) is 3.24. The number of nitrogens with two attached hydrogens (primary N) is 1. The van der Waals surface area contributed by atoms with Crippen LogP contribution in [-0.2, 0) is 17.0 Å². The van der Waals surface area contributed by atoms with Crippen LogP contribution in [0.25, 0.3) is 0 Å². The Morgan fingerprint density at radius 3 is 2.36 bits per heavy atom. The smallest absolute Gasteiger partial charge is 0.308 e. The van der Waals surface area contributed by atoms with Gasteiger partial charge in [0.05, 0.1) is 21.3 Å². The van der Waals surface area contributed by atoms with Crippen LogP contribution in [0.15, 0.2) is 17.2 Å². The van der Waals surface area contributed by atoms with Gasteiger partial charge < -0.3 is 5.73 Å². The van der Waals surface area contributed by atoms with Crippen LogP contribution in [0.1, 0.15) is 19.4 Å². The van der Waals surface area contributed by atoms with Crippen molar-refractivity contribution in [3.05, 3.63) is 27.7 Å². The third-order valence-corrected chi connectivity index (χ3v) is 6.40. The van der Waals surface area contributed by atoms with Crippen LogP contribution in [0.4, 0.5) is 18.9 Å². The molecule has 1 aromatic carbocycles. The van der Waals surface area contributed by atoms with E-state index in [2.05, 4.69) is 5.10 Å². The summed E-state index contributed by atoms with van der Waals surface area (Å²) in [4.78, 5) is 0. The molecule has 11 heteroatoms. The fourth-order valence-corrected chi connectivity index (χ4v) is 4.39. The molecule has 0 spiro atoms. The van der Waals surface area contributed by atoms with Crippen molar-refractivity contribution in [2.45, 2.75) is 30.9 Å². The highest BCUT2D eigenvalue weighted by Gasteiger charge is 2.51. The summed E-state index contributed by atoms with van der Waals surface area (Å²) in [6, 6.07) is 3.24. The average Bonchev–Trinajstić information content (AvgIpc) is 2.78. The lowest BCUT2D eigenvalue weighted by atomic mass is 10.0. The molecule has 0 saturated heterocycles. The minimum absolute atomic E-state index is 0.0755. The highest BCUT2D eigenvalue weighted by atomic mass is 35.5. The van der Waals surface area contributed by atoms with E-state index in [1.807, 2.05) is 6.07 Å². The first kappa shape index (κ1) is 20.0. The predicted molar refractivity (Wildman–Crippen MR) is 92.1 cm³/mol. The van der Waals surface area contributed by atoms with Gasteiger partial charge in [0, 0.05) is 16.6 Å². The number of nitriles is 1. The predicted octanol–water partition coefficient (Wildman–Crippen LogP) is 3.52. The van der Waals surface area contributed by atoms with E-state index in [-0.39, 0.29) is 27.2 Å². The molecule has 1 aromatic rings. The van der Waals surface area contributed by atoms with Gasteiger partial charge in [0.25, 0.3) is 0 Å². The molecule has 1 aliphatic rings. The van der Waals surface area contributed by atoms with Gasteiger partial charge >= 0.3 is 6.18 Å². The lowest BCUT2D eigenvalue weighted by Crippen LogP contribution is -2.56. The lowest BCUT2D eigenvalue weighted by molar-refractivity contribution is -0.137. The molecule has 3 unspecified atom stereocenters. The highest BCUT2D eigenvalue weighted by molar-refractivity contribution is 7.87. The highest BCUT2D eigenvalue weighted by Crippen LogP contribution is 2.43. The zero-order valence-electron chi connectivity index (χ0n) is 13.1. The summed E-state index contributed by atoms with van der Waals surface area (Å²) in [6.45, 7) is 3.16. The van der Waals surface area contributed by atoms with Gasteiger partial charge in [0.2, 0.25) is 0 Å². The molecule has 0 aliphatic carbocycles. The second-order valence-electron chi connectivity index (χ2n) is 5.38. The Hall–Kier alpha value is -1.34. The van der Waals surface area contributed by atoms with Crippen LogP contribution >= 0.6 is 23.2 Å². The molecule has 1 heterocycles. The van der Waals surface area contributed by atoms with Crippen molar-refractivity contribution in [2.24, 2.45) is 10.8 Å². The summed E-state index contributed by atoms with van der Waals surface area (Å²) >= 11 is 11.9. The molecule has 0 aromatic heterocycles. The number of halogens is 5. The lowest BCUT2D eigenvalue weighted by Gasteiger charge is -2.31. The standard InChI is InChI=1S/C14H13Cl2F3N4OS/c1-3-25(24)13(2)10(6-20)22-23(12(13)21)11-8(15)4-7(5-9(11)16)14(17,18)19/h4-5,12H,3,21H2,1-2H3. The molecule has 25 heavy (non-hydrogen) atoms. The van der Waals surface area contributed by atoms with Crippen LogP contribution in [0.5, 0.6) is 0 Å². The van der Waals surface area contributed by atoms with Crippen LogP contribution in [-0.4, -0.2) is 26.6 Å². The van der Waals surface area contributed by atoms with Crippen molar-refractivity contribution < 1.29 is 17.4 Å². The van der Waals surface area contributed by atoms with Gasteiger partial charge in [-0.15, -0.1) is 0 Å².